The van der Waals surface area contributed by atoms with Gasteiger partial charge >= 0.3 is 5.97 Å². The Morgan fingerprint density at radius 2 is 1.96 bits per heavy atom. The first-order valence-electron chi connectivity index (χ1n) is 8.44. The fourth-order valence-electron chi connectivity index (χ4n) is 2.61. The molecule has 0 saturated heterocycles. The van der Waals surface area contributed by atoms with Gasteiger partial charge in [-0.25, -0.2) is 4.79 Å². The van der Waals surface area contributed by atoms with Crippen molar-refractivity contribution in [2.24, 2.45) is 0 Å². The fraction of sp³-hybridized carbons (Fsp3) is 0.300. The Hall–Kier alpha value is -2.53. The summed E-state index contributed by atoms with van der Waals surface area (Å²) in [5.74, 6) is -0.645. The molecule has 2 aromatic carbocycles. The van der Waals surface area contributed by atoms with Gasteiger partial charge in [0.05, 0.1) is 23.4 Å². The number of ether oxygens (including phenoxy) is 1. The predicted molar refractivity (Wildman–Crippen MR) is 105 cm³/mol. The van der Waals surface area contributed by atoms with E-state index >= 15 is 0 Å². The number of hydrogen-bond donors (Lipinski definition) is 1. The largest absolute Gasteiger partial charge is 0.465 e. The van der Waals surface area contributed by atoms with Crippen LogP contribution in [0.5, 0.6) is 0 Å². The van der Waals surface area contributed by atoms with Crippen LogP contribution in [0, 0.1) is 6.92 Å². The number of esters is 1. The third-order valence-electron chi connectivity index (χ3n) is 4.02. The average molecular weight is 375 g/mol. The molecule has 138 valence electrons. The Morgan fingerprint density at radius 3 is 2.62 bits per heavy atom. The number of amides is 1. The number of nitrogens with one attached hydrogen (secondary N) is 1. The molecule has 1 amide bonds. The van der Waals surface area contributed by atoms with Gasteiger partial charge < -0.3 is 15.0 Å². The van der Waals surface area contributed by atoms with Crippen LogP contribution in [0.1, 0.15) is 29.3 Å². The SMILES string of the molecule is CCN(CCC(=O)Nc1cc(C(=O)OC)ccc1Cl)c1cccc(C)c1. The smallest absolute Gasteiger partial charge is 0.337 e. The minimum absolute atomic E-state index is 0.167. The van der Waals surface area contributed by atoms with E-state index in [-0.39, 0.29) is 5.91 Å². The van der Waals surface area contributed by atoms with Gasteiger partial charge in [0.1, 0.15) is 0 Å². The van der Waals surface area contributed by atoms with E-state index in [1.165, 1.54) is 18.7 Å². The number of anilines is 2. The number of carbonyl (C=O) groups excluding carboxylic acids is 2. The molecule has 0 heterocycles. The zero-order valence-electron chi connectivity index (χ0n) is 15.2. The van der Waals surface area contributed by atoms with Gasteiger partial charge in [0, 0.05) is 25.2 Å². The van der Waals surface area contributed by atoms with Gasteiger partial charge in [-0.2, -0.15) is 0 Å². The van der Waals surface area contributed by atoms with E-state index in [9.17, 15) is 9.59 Å². The van der Waals surface area contributed by atoms with Crippen LogP contribution in [0.2, 0.25) is 5.02 Å². The summed E-state index contributed by atoms with van der Waals surface area (Å²) in [5.41, 5.74) is 3.00. The van der Waals surface area contributed by atoms with Gasteiger partial charge in [0.25, 0.3) is 0 Å². The van der Waals surface area contributed by atoms with Crippen LogP contribution in [0.4, 0.5) is 11.4 Å². The molecule has 26 heavy (non-hydrogen) atoms. The summed E-state index contributed by atoms with van der Waals surface area (Å²) in [6.45, 7) is 5.48. The van der Waals surface area contributed by atoms with Gasteiger partial charge in [-0.3, -0.25) is 4.79 Å². The summed E-state index contributed by atoms with van der Waals surface area (Å²) >= 11 is 6.11. The van der Waals surface area contributed by atoms with Gasteiger partial charge in [-0.1, -0.05) is 23.7 Å². The highest BCUT2D eigenvalue weighted by atomic mass is 35.5. The van der Waals surface area contributed by atoms with Crippen LogP contribution in [-0.2, 0) is 9.53 Å². The van der Waals surface area contributed by atoms with Gasteiger partial charge in [-0.15, -0.1) is 0 Å². The fourth-order valence-corrected chi connectivity index (χ4v) is 2.77. The molecule has 0 aromatic heterocycles. The summed E-state index contributed by atoms with van der Waals surface area (Å²) < 4.78 is 4.69. The molecule has 0 aliphatic rings. The predicted octanol–water partition coefficient (Wildman–Crippen LogP) is 4.29. The Morgan fingerprint density at radius 1 is 1.19 bits per heavy atom. The molecule has 0 fully saturated rings. The first-order chi connectivity index (χ1) is 12.4. The third-order valence-corrected chi connectivity index (χ3v) is 4.35. The number of hydrogen-bond acceptors (Lipinski definition) is 4. The lowest BCUT2D eigenvalue weighted by atomic mass is 10.2. The van der Waals surface area contributed by atoms with Crippen molar-refractivity contribution in [2.45, 2.75) is 20.3 Å². The molecule has 1 N–H and O–H groups in total. The molecule has 0 spiro atoms. The Bertz CT molecular complexity index is 792. The molecular formula is C20H23ClN2O3. The molecule has 5 nitrogen and oxygen atoms in total. The summed E-state index contributed by atoms with van der Waals surface area (Å²) in [6, 6.07) is 12.8. The molecule has 2 rings (SSSR count). The third kappa shape index (κ3) is 5.23. The zero-order valence-corrected chi connectivity index (χ0v) is 16.0. The highest BCUT2D eigenvalue weighted by Gasteiger charge is 2.13. The molecule has 6 heteroatoms. The topological polar surface area (TPSA) is 58.6 Å². The maximum absolute atomic E-state index is 12.3. The van der Waals surface area contributed by atoms with Crippen molar-refractivity contribution in [1.82, 2.24) is 0 Å². The van der Waals surface area contributed by atoms with Gasteiger partial charge in [0.2, 0.25) is 5.91 Å². The molecule has 0 aliphatic heterocycles. The number of methoxy groups -OCH3 is 1. The quantitative estimate of drug-likeness (QED) is 0.734. The van der Waals surface area contributed by atoms with Gasteiger partial charge in [-0.05, 0) is 49.7 Å². The van der Waals surface area contributed by atoms with Crippen LogP contribution in [0.15, 0.2) is 42.5 Å². The van der Waals surface area contributed by atoms with Crippen molar-refractivity contribution >= 4 is 34.9 Å². The van der Waals surface area contributed by atoms with Crippen molar-refractivity contribution in [3.63, 3.8) is 0 Å². The van der Waals surface area contributed by atoms with Crippen LogP contribution in [0.3, 0.4) is 0 Å². The first kappa shape index (κ1) is 19.8. The van der Waals surface area contributed by atoms with Crippen molar-refractivity contribution in [3.05, 3.63) is 58.6 Å². The van der Waals surface area contributed by atoms with Crippen LogP contribution in [-0.4, -0.2) is 32.1 Å². The van der Waals surface area contributed by atoms with E-state index in [0.717, 1.165) is 12.2 Å². The van der Waals surface area contributed by atoms with E-state index < -0.39 is 5.97 Å². The summed E-state index contributed by atoms with van der Waals surface area (Å²) in [7, 11) is 1.31. The Balaban J connectivity index is 2.01. The standard InChI is InChI=1S/C20H23ClN2O3/c1-4-23(16-7-5-6-14(2)12-16)11-10-19(24)22-18-13-15(20(25)26-3)8-9-17(18)21/h5-9,12-13H,4,10-11H2,1-3H3,(H,22,24). The molecule has 0 atom stereocenters. The lowest BCUT2D eigenvalue weighted by Gasteiger charge is -2.23. The lowest BCUT2D eigenvalue weighted by molar-refractivity contribution is -0.116. The molecule has 0 unspecified atom stereocenters. The van der Waals surface area contributed by atoms with E-state index in [1.54, 1.807) is 12.1 Å². The van der Waals surface area contributed by atoms with Gasteiger partial charge in [0.15, 0.2) is 0 Å². The normalized spacial score (nSPS) is 10.3. The highest BCUT2D eigenvalue weighted by Crippen LogP contribution is 2.24. The molecule has 0 saturated carbocycles. The second kappa shape index (κ2) is 9.25. The minimum atomic E-state index is -0.478. The Labute approximate surface area is 158 Å². The van der Waals surface area contributed by atoms with Crippen molar-refractivity contribution in [1.29, 1.82) is 0 Å². The lowest BCUT2D eigenvalue weighted by Crippen LogP contribution is -2.27. The maximum Gasteiger partial charge on any atom is 0.337 e. The van der Waals surface area contributed by atoms with E-state index in [0.29, 0.717) is 29.2 Å². The van der Waals surface area contributed by atoms with E-state index in [2.05, 4.69) is 27.9 Å². The summed E-state index contributed by atoms with van der Waals surface area (Å²) in [6.07, 6.45) is 0.306. The van der Waals surface area contributed by atoms with Crippen LogP contribution >= 0.6 is 11.6 Å². The average Bonchev–Trinajstić information content (AvgIpc) is 2.63. The second-order valence-electron chi connectivity index (χ2n) is 5.90. The van der Waals surface area contributed by atoms with Crippen molar-refractivity contribution in [2.75, 3.05) is 30.4 Å². The Kier molecular flexibility index (Phi) is 7.04. The molecular weight excluding hydrogens is 352 g/mol. The second-order valence-corrected chi connectivity index (χ2v) is 6.31. The summed E-state index contributed by atoms with van der Waals surface area (Å²) in [5, 5.41) is 3.14. The zero-order chi connectivity index (χ0) is 19.1. The number of carbonyl (C=O) groups is 2. The molecule has 0 aliphatic carbocycles. The van der Waals surface area contributed by atoms with Crippen LogP contribution in [0.25, 0.3) is 0 Å². The van der Waals surface area contributed by atoms with Crippen molar-refractivity contribution in [3.8, 4) is 0 Å². The van der Waals surface area contributed by atoms with E-state index in [1.807, 2.05) is 25.1 Å². The maximum atomic E-state index is 12.3. The number of benzene rings is 2. The molecule has 2 aromatic rings. The number of halogens is 1. The highest BCUT2D eigenvalue weighted by molar-refractivity contribution is 6.33. The number of nitrogens with zero attached hydrogens (tertiary/aromatic N) is 1. The first-order valence-corrected chi connectivity index (χ1v) is 8.81. The molecule has 0 bridgehead atoms. The number of rotatable bonds is 7. The van der Waals surface area contributed by atoms with Crippen molar-refractivity contribution < 1.29 is 14.3 Å². The minimum Gasteiger partial charge on any atom is -0.465 e. The van der Waals surface area contributed by atoms with Crippen LogP contribution < -0.4 is 10.2 Å². The monoisotopic (exact) mass is 374 g/mol. The number of aryl methyl sites for hydroxylation is 1. The van der Waals surface area contributed by atoms with E-state index in [4.69, 9.17) is 11.6 Å². The molecule has 0 radical (unpaired) electrons. The summed E-state index contributed by atoms with van der Waals surface area (Å²) in [4.78, 5) is 26.1.